The molecular formula is C20H27N3OS. The van der Waals surface area contributed by atoms with Crippen LogP contribution >= 0.6 is 11.3 Å². The molecule has 2 aromatic rings. The van der Waals surface area contributed by atoms with E-state index in [1.165, 1.54) is 10.4 Å². The van der Waals surface area contributed by atoms with Gasteiger partial charge in [-0.2, -0.15) is 0 Å². The lowest BCUT2D eigenvalue weighted by molar-refractivity contribution is -0.133. The van der Waals surface area contributed by atoms with Gasteiger partial charge in [-0.1, -0.05) is 36.4 Å². The van der Waals surface area contributed by atoms with Crippen LogP contribution in [0.4, 0.5) is 0 Å². The average molecular weight is 358 g/mol. The van der Waals surface area contributed by atoms with E-state index < -0.39 is 0 Å². The van der Waals surface area contributed by atoms with Crippen molar-refractivity contribution in [3.63, 3.8) is 0 Å². The highest BCUT2D eigenvalue weighted by Gasteiger charge is 2.21. The Kier molecular flexibility index (Phi) is 6.62. The van der Waals surface area contributed by atoms with Crippen molar-refractivity contribution in [2.75, 3.05) is 39.3 Å². The van der Waals surface area contributed by atoms with E-state index in [0.717, 1.165) is 45.8 Å². The Labute approximate surface area is 154 Å². The van der Waals surface area contributed by atoms with E-state index in [2.05, 4.69) is 58.5 Å². The maximum Gasteiger partial charge on any atom is 0.237 e. The molecule has 0 aliphatic carbocycles. The Morgan fingerprint density at radius 3 is 2.40 bits per heavy atom. The molecule has 1 fully saturated rings. The van der Waals surface area contributed by atoms with E-state index in [4.69, 9.17) is 0 Å². The van der Waals surface area contributed by atoms with Crippen molar-refractivity contribution in [3.8, 4) is 0 Å². The van der Waals surface area contributed by atoms with E-state index in [1.54, 1.807) is 11.3 Å². The molecule has 4 nitrogen and oxygen atoms in total. The third-order valence-corrected chi connectivity index (χ3v) is 5.60. The molecule has 0 spiro atoms. The maximum atomic E-state index is 12.6. The number of rotatable bonds is 7. The van der Waals surface area contributed by atoms with Gasteiger partial charge in [-0.25, -0.2) is 0 Å². The standard InChI is InChI=1S/C20H27N3OS/c1-2-23(16-19-9-6-14-25-19)20(24)17-22-12-10-21(11-13-22)15-18-7-4-3-5-8-18/h3-9,14H,2,10-13,15-17H2,1H3. The van der Waals surface area contributed by atoms with Gasteiger partial charge < -0.3 is 4.90 Å². The first-order valence-electron chi connectivity index (χ1n) is 9.03. The van der Waals surface area contributed by atoms with Gasteiger partial charge in [0.2, 0.25) is 5.91 Å². The zero-order valence-electron chi connectivity index (χ0n) is 14.9. The van der Waals surface area contributed by atoms with Crippen LogP contribution in [-0.2, 0) is 17.9 Å². The van der Waals surface area contributed by atoms with Crippen LogP contribution in [-0.4, -0.2) is 59.9 Å². The van der Waals surface area contributed by atoms with Gasteiger partial charge in [0, 0.05) is 44.1 Å². The van der Waals surface area contributed by atoms with Crippen molar-refractivity contribution in [3.05, 3.63) is 58.3 Å². The number of carbonyl (C=O) groups excluding carboxylic acids is 1. The number of benzene rings is 1. The Bertz CT molecular complexity index is 636. The van der Waals surface area contributed by atoms with Crippen molar-refractivity contribution >= 4 is 17.2 Å². The van der Waals surface area contributed by atoms with Crippen LogP contribution in [0.2, 0.25) is 0 Å². The zero-order chi connectivity index (χ0) is 17.5. The lowest BCUT2D eigenvalue weighted by Crippen LogP contribution is -2.49. The van der Waals surface area contributed by atoms with Crippen molar-refractivity contribution in [2.45, 2.75) is 20.0 Å². The van der Waals surface area contributed by atoms with Gasteiger partial charge in [-0.15, -0.1) is 11.3 Å². The summed E-state index contributed by atoms with van der Waals surface area (Å²) in [6.07, 6.45) is 0. The molecule has 0 bridgehead atoms. The fraction of sp³-hybridized carbons (Fsp3) is 0.450. The van der Waals surface area contributed by atoms with Gasteiger partial charge >= 0.3 is 0 Å². The average Bonchev–Trinajstić information content (AvgIpc) is 3.15. The highest BCUT2D eigenvalue weighted by atomic mass is 32.1. The van der Waals surface area contributed by atoms with E-state index in [1.807, 2.05) is 11.0 Å². The van der Waals surface area contributed by atoms with Crippen LogP contribution in [0.15, 0.2) is 47.8 Å². The van der Waals surface area contributed by atoms with Crippen LogP contribution in [0.3, 0.4) is 0 Å². The van der Waals surface area contributed by atoms with Crippen molar-refractivity contribution < 1.29 is 4.79 Å². The van der Waals surface area contributed by atoms with Crippen LogP contribution in [0.5, 0.6) is 0 Å². The molecule has 1 amide bonds. The molecule has 0 atom stereocenters. The summed E-state index contributed by atoms with van der Waals surface area (Å²) in [7, 11) is 0. The summed E-state index contributed by atoms with van der Waals surface area (Å²) in [5.41, 5.74) is 1.36. The maximum absolute atomic E-state index is 12.6. The predicted octanol–water partition coefficient (Wildman–Crippen LogP) is 2.91. The first-order valence-corrected chi connectivity index (χ1v) is 9.91. The molecule has 1 saturated heterocycles. The monoisotopic (exact) mass is 357 g/mol. The molecule has 0 N–H and O–H groups in total. The summed E-state index contributed by atoms with van der Waals surface area (Å²) in [4.78, 5) is 20.6. The molecule has 0 radical (unpaired) electrons. The number of hydrogen-bond donors (Lipinski definition) is 0. The molecule has 1 aromatic heterocycles. The largest absolute Gasteiger partial charge is 0.337 e. The molecular weight excluding hydrogens is 330 g/mol. The van der Waals surface area contributed by atoms with Gasteiger partial charge in [0.05, 0.1) is 13.1 Å². The molecule has 1 aliphatic rings. The lowest BCUT2D eigenvalue weighted by Gasteiger charge is -2.35. The Morgan fingerprint density at radius 1 is 1.04 bits per heavy atom. The van der Waals surface area contributed by atoms with E-state index in [-0.39, 0.29) is 5.91 Å². The van der Waals surface area contributed by atoms with Crippen LogP contribution in [0.1, 0.15) is 17.4 Å². The van der Waals surface area contributed by atoms with Gasteiger partial charge in [-0.3, -0.25) is 14.6 Å². The molecule has 3 rings (SSSR count). The SMILES string of the molecule is CCN(Cc1cccs1)C(=O)CN1CCN(Cc2ccccc2)CC1. The molecule has 25 heavy (non-hydrogen) atoms. The van der Waals surface area contributed by atoms with E-state index >= 15 is 0 Å². The summed E-state index contributed by atoms with van der Waals surface area (Å²) < 4.78 is 0. The number of amides is 1. The van der Waals surface area contributed by atoms with E-state index in [0.29, 0.717) is 6.54 Å². The highest BCUT2D eigenvalue weighted by molar-refractivity contribution is 7.09. The summed E-state index contributed by atoms with van der Waals surface area (Å²) in [6, 6.07) is 14.8. The molecule has 5 heteroatoms. The molecule has 0 saturated carbocycles. The molecule has 134 valence electrons. The summed E-state index contributed by atoms with van der Waals surface area (Å²) >= 11 is 1.72. The first kappa shape index (κ1) is 18.1. The summed E-state index contributed by atoms with van der Waals surface area (Å²) in [6.45, 7) is 9.10. The third kappa shape index (κ3) is 5.39. The minimum absolute atomic E-state index is 0.243. The number of thiophene rings is 1. The van der Waals surface area contributed by atoms with Gasteiger partial charge in [0.25, 0.3) is 0 Å². The van der Waals surface area contributed by atoms with Crippen LogP contribution in [0.25, 0.3) is 0 Å². The first-order chi connectivity index (χ1) is 12.2. The zero-order valence-corrected chi connectivity index (χ0v) is 15.8. The molecule has 1 aromatic carbocycles. The smallest absolute Gasteiger partial charge is 0.237 e. The Balaban J connectivity index is 1.44. The van der Waals surface area contributed by atoms with Crippen molar-refractivity contribution in [1.82, 2.24) is 14.7 Å². The fourth-order valence-electron chi connectivity index (χ4n) is 3.21. The van der Waals surface area contributed by atoms with Gasteiger partial charge in [0.1, 0.15) is 0 Å². The Morgan fingerprint density at radius 2 is 1.76 bits per heavy atom. The second kappa shape index (κ2) is 9.13. The minimum atomic E-state index is 0.243. The van der Waals surface area contributed by atoms with Crippen molar-refractivity contribution in [1.29, 1.82) is 0 Å². The third-order valence-electron chi connectivity index (χ3n) is 4.73. The quantitative estimate of drug-likeness (QED) is 0.762. The van der Waals surface area contributed by atoms with Gasteiger partial charge in [-0.05, 0) is 23.9 Å². The molecule has 1 aliphatic heterocycles. The predicted molar refractivity (Wildman–Crippen MR) is 104 cm³/mol. The van der Waals surface area contributed by atoms with Gasteiger partial charge in [0.15, 0.2) is 0 Å². The number of carbonyl (C=O) groups is 1. The summed E-state index contributed by atoms with van der Waals surface area (Å²) in [5.74, 6) is 0.243. The number of likely N-dealkylation sites (N-methyl/N-ethyl adjacent to an activating group) is 1. The number of nitrogens with zero attached hydrogens (tertiary/aromatic N) is 3. The normalized spacial score (nSPS) is 16.0. The van der Waals surface area contributed by atoms with Crippen LogP contribution in [0, 0.1) is 0 Å². The van der Waals surface area contributed by atoms with Crippen molar-refractivity contribution in [2.24, 2.45) is 0 Å². The number of hydrogen-bond acceptors (Lipinski definition) is 4. The molecule has 2 heterocycles. The molecule has 0 unspecified atom stereocenters. The minimum Gasteiger partial charge on any atom is -0.337 e. The second-order valence-electron chi connectivity index (χ2n) is 6.53. The van der Waals surface area contributed by atoms with E-state index in [9.17, 15) is 4.79 Å². The lowest BCUT2D eigenvalue weighted by atomic mass is 10.2. The topological polar surface area (TPSA) is 26.8 Å². The van der Waals surface area contributed by atoms with Crippen LogP contribution < -0.4 is 0 Å². The number of piperazine rings is 1. The Hall–Kier alpha value is -1.69. The second-order valence-corrected chi connectivity index (χ2v) is 7.56. The highest BCUT2D eigenvalue weighted by Crippen LogP contribution is 2.13. The summed E-state index contributed by atoms with van der Waals surface area (Å²) in [5, 5.41) is 2.07. The fourth-order valence-corrected chi connectivity index (χ4v) is 3.92.